The summed E-state index contributed by atoms with van der Waals surface area (Å²) in [6, 6.07) is 8.38. The summed E-state index contributed by atoms with van der Waals surface area (Å²) in [6.45, 7) is 8.25. The lowest BCUT2D eigenvalue weighted by molar-refractivity contribution is 0.307. The van der Waals surface area contributed by atoms with Crippen LogP contribution in [0.1, 0.15) is 31.4 Å². The van der Waals surface area contributed by atoms with Crippen molar-refractivity contribution in [2.75, 3.05) is 0 Å². The number of benzene rings is 1. The van der Waals surface area contributed by atoms with Gasteiger partial charge in [0, 0.05) is 0 Å². The van der Waals surface area contributed by atoms with Gasteiger partial charge in [0.15, 0.2) is 0 Å². The summed E-state index contributed by atoms with van der Waals surface area (Å²) in [4.78, 5) is 0. The fraction of sp³-hybridized carbons (Fsp3) is 0.385. The Hall–Kier alpha value is -0.863. The second kappa shape index (κ2) is 5.88. The monoisotopic (exact) mass is 217 g/mol. The maximum atomic E-state index is 5.11. The van der Waals surface area contributed by atoms with Crippen molar-refractivity contribution in [3.63, 3.8) is 0 Å². The molecule has 0 amide bonds. The molecule has 0 aliphatic rings. The van der Waals surface area contributed by atoms with Crippen LogP contribution in [0.2, 0.25) is 0 Å². The first-order valence-corrected chi connectivity index (χ1v) is 5.71. The maximum Gasteiger partial charge on any atom is 0.247 e. The Balaban J connectivity index is 2.96. The van der Waals surface area contributed by atoms with E-state index in [-0.39, 0.29) is 6.10 Å². The van der Waals surface area contributed by atoms with Gasteiger partial charge in [0.25, 0.3) is 0 Å². The van der Waals surface area contributed by atoms with Gasteiger partial charge in [0.1, 0.15) is 0 Å². The minimum Gasteiger partial charge on any atom is -0.412 e. The molecule has 1 aromatic rings. The van der Waals surface area contributed by atoms with E-state index >= 15 is 0 Å². The predicted molar refractivity (Wildman–Crippen MR) is 65.8 cm³/mol. The lowest BCUT2D eigenvalue weighted by Crippen LogP contribution is -2.09. The molecular formula is C13H17OSi. The minimum absolute atomic E-state index is 0.000303. The van der Waals surface area contributed by atoms with Crippen molar-refractivity contribution in [3.05, 3.63) is 42.0 Å². The van der Waals surface area contributed by atoms with Gasteiger partial charge in [-0.15, -0.1) is 0 Å². The molecule has 79 valence electrons. The molecule has 0 N–H and O–H groups in total. The second-order valence-electron chi connectivity index (χ2n) is 3.69. The van der Waals surface area contributed by atoms with Crippen molar-refractivity contribution in [3.8, 4) is 0 Å². The Morgan fingerprint density at radius 2 is 2.13 bits per heavy atom. The van der Waals surface area contributed by atoms with Crippen LogP contribution in [-0.4, -0.2) is 16.6 Å². The quantitative estimate of drug-likeness (QED) is 0.689. The van der Waals surface area contributed by atoms with Crippen molar-refractivity contribution >= 4 is 16.1 Å². The molecule has 0 heterocycles. The van der Waals surface area contributed by atoms with Gasteiger partial charge in [-0.2, -0.15) is 0 Å². The summed E-state index contributed by atoms with van der Waals surface area (Å²) in [6.07, 6.45) is 2.23. The third kappa shape index (κ3) is 3.04. The van der Waals surface area contributed by atoms with Gasteiger partial charge in [0.2, 0.25) is 10.5 Å². The van der Waals surface area contributed by atoms with E-state index in [1.54, 1.807) is 0 Å². The van der Waals surface area contributed by atoms with Crippen LogP contribution in [0.15, 0.2) is 30.8 Å². The summed E-state index contributed by atoms with van der Waals surface area (Å²) in [5.41, 5.74) is 3.58. The van der Waals surface area contributed by atoms with Crippen molar-refractivity contribution < 1.29 is 4.43 Å². The van der Waals surface area contributed by atoms with Crippen LogP contribution >= 0.6 is 0 Å². The maximum absolute atomic E-state index is 5.11. The van der Waals surface area contributed by atoms with E-state index in [0.29, 0.717) is 0 Å². The Morgan fingerprint density at radius 1 is 1.47 bits per heavy atom. The molecule has 0 bridgehead atoms. The molecule has 1 rings (SSSR count). The standard InChI is InChI=1S/C13H17OSi/c1-4-7-12-8-5-6-9-13(12)10(2)11(3)14-15/h5-6,8-9,11H,2,4,7H2,1,3H3. The zero-order valence-electron chi connectivity index (χ0n) is 9.42. The van der Waals surface area contributed by atoms with E-state index in [9.17, 15) is 0 Å². The largest absolute Gasteiger partial charge is 0.412 e. The molecule has 0 aliphatic carbocycles. The summed E-state index contributed by atoms with van der Waals surface area (Å²) < 4.78 is 5.11. The van der Waals surface area contributed by atoms with Crippen LogP contribution in [0.4, 0.5) is 0 Å². The average molecular weight is 217 g/mol. The summed E-state index contributed by atoms with van der Waals surface area (Å²) >= 11 is 0. The van der Waals surface area contributed by atoms with Crippen molar-refractivity contribution in [2.24, 2.45) is 0 Å². The molecule has 1 nitrogen and oxygen atoms in total. The van der Waals surface area contributed by atoms with Gasteiger partial charge in [-0.25, -0.2) is 0 Å². The van der Waals surface area contributed by atoms with Crippen molar-refractivity contribution in [1.82, 2.24) is 0 Å². The van der Waals surface area contributed by atoms with Crippen LogP contribution in [-0.2, 0) is 10.8 Å². The SMILES string of the molecule is C=C(c1ccccc1CCC)C(C)O[Si]. The first-order valence-electron chi connectivity index (χ1n) is 5.30. The molecule has 2 heteroatoms. The first kappa shape index (κ1) is 12.2. The molecule has 0 aromatic heterocycles. The van der Waals surface area contributed by atoms with Crippen molar-refractivity contribution in [2.45, 2.75) is 32.8 Å². The topological polar surface area (TPSA) is 9.23 Å². The zero-order valence-corrected chi connectivity index (χ0v) is 10.4. The second-order valence-corrected chi connectivity index (χ2v) is 3.93. The molecule has 0 spiro atoms. The fourth-order valence-corrected chi connectivity index (χ4v) is 1.75. The van der Waals surface area contributed by atoms with Crippen LogP contribution < -0.4 is 0 Å². The molecule has 0 saturated carbocycles. The Bertz CT molecular complexity index is 333. The van der Waals surface area contributed by atoms with Gasteiger partial charge in [-0.3, -0.25) is 0 Å². The lowest BCUT2D eigenvalue weighted by atomic mass is 9.95. The van der Waals surface area contributed by atoms with Crippen LogP contribution in [0.25, 0.3) is 5.57 Å². The number of hydrogen-bond acceptors (Lipinski definition) is 1. The molecule has 0 saturated heterocycles. The molecule has 1 atom stereocenters. The molecular weight excluding hydrogens is 200 g/mol. The third-order valence-electron chi connectivity index (χ3n) is 2.55. The fourth-order valence-electron chi connectivity index (χ4n) is 1.61. The van der Waals surface area contributed by atoms with Gasteiger partial charge < -0.3 is 4.43 Å². The lowest BCUT2D eigenvalue weighted by Gasteiger charge is -2.16. The van der Waals surface area contributed by atoms with E-state index in [1.807, 2.05) is 13.0 Å². The van der Waals surface area contributed by atoms with E-state index in [1.165, 1.54) is 11.1 Å². The van der Waals surface area contributed by atoms with Crippen LogP contribution in [0, 0.1) is 0 Å². The highest BCUT2D eigenvalue weighted by molar-refractivity contribution is 5.98. The zero-order chi connectivity index (χ0) is 11.3. The van der Waals surface area contributed by atoms with E-state index < -0.39 is 0 Å². The van der Waals surface area contributed by atoms with Crippen molar-refractivity contribution in [1.29, 1.82) is 0 Å². The number of hydrogen-bond donors (Lipinski definition) is 0. The summed E-state index contributed by atoms with van der Waals surface area (Å²) in [5, 5.41) is 0. The summed E-state index contributed by atoms with van der Waals surface area (Å²) in [7, 11) is 3.06. The number of rotatable bonds is 5. The van der Waals surface area contributed by atoms with Gasteiger partial charge in [-0.1, -0.05) is 44.2 Å². The van der Waals surface area contributed by atoms with E-state index in [2.05, 4.69) is 42.2 Å². The smallest absolute Gasteiger partial charge is 0.247 e. The highest BCUT2D eigenvalue weighted by Crippen LogP contribution is 2.22. The molecule has 0 aliphatic heterocycles. The average Bonchev–Trinajstić information content (AvgIpc) is 2.28. The highest BCUT2D eigenvalue weighted by atomic mass is 28.2. The third-order valence-corrected chi connectivity index (χ3v) is 2.90. The molecule has 15 heavy (non-hydrogen) atoms. The normalized spacial score (nSPS) is 12.5. The predicted octanol–water partition coefficient (Wildman–Crippen LogP) is 3.14. The van der Waals surface area contributed by atoms with E-state index in [4.69, 9.17) is 4.43 Å². The van der Waals surface area contributed by atoms with Gasteiger partial charge in [0.05, 0.1) is 6.10 Å². The Labute approximate surface area is 95.7 Å². The minimum atomic E-state index is -0.000303. The molecule has 1 unspecified atom stereocenters. The molecule has 0 fully saturated rings. The van der Waals surface area contributed by atoms with Gasteiger partial charge >= 0.3 is 0 Å². The molecule has 3 radical (unpaired) electrons. The first-order chi connectivity index (χ1) is 7.20. The Morgan fingerprint density at radius 3 is 2.73 bits per heavy atom. The van der Waals surface area contributed by atoms with E-state index in [0.717, 1.165) is 18.4 Å². The molecule has 1 aromatic carbocycles. The Kier molecular flexibility index (Phi) is 4.79. The van der Waals surface area contributed by atoms with Gasteiger partial charge in [-0.05, 0) is 30.0 Å². The summed E-state index contributed by atoms with van der Waals surface area (Å²) in [5.74, 6) is 0. The number of aryl methyl sites for hydroxylation is 1. The van der Waals surface area contributed by atoms with Crippen LogP contribution in [0.5, 0.6) is 0 Å². The van der Waals surface area contributed by atoms with Crippen LogP contribution in [0.3, 0.4) is 0 Å². The highest BCUT2D eigenvalue weighted by Gasteiger charge is 2.10.